The van der Waals surface area contributed by atoms with Crippen LogP contribution in [0.2, 0.25) is 0 Å². The van der Waals surface area contributed by atoms with Crippen LogP contribution in [0.1, 0.15) is 12.8 Å². The lowest BCUT2D eigenvalue weighted by Crippen LogP contribution is -2.42. The first-order chi connectivity index (χ1) is 6.04. The minimum Gasteiger partial charge on any atom is -0.395 e. The molecule has 1 heterocycles. The zero-order valence-electron chi connectivity index (χ0n) is 7.35. The molecule has 0 aromatic carbocycles. The number of aliphatic hydroxyl groups is 1. The molecule has 1 fully saturated rings. The number of rotatable bonds is 2. The fraction of sp³-hybridized carbons (Fsp3) is 1.00. The van der Waals surface area contributed by atoms with Crippen molar-refractivity contribution in [1.82, 2.24) is 4.90 Å². The molecule has 1 N–H and O–H groups in total. The summed E-state index contributed by atoms with van der Waals surface area (Å²) in [7, 11) is 0. The van der Waals surface area contributed by atoms with Crippen LogP contribution in [0.5, 0.6) is 0 Å². The highest BCUT2D eigenvalue weighted by atomic mass is 19.4. The molecule has 1 rings (SSSR count). The van der Waals surface area contributed by atoms with Gasteiger partial charge in [0.1, 0.15) is 0 Å². The second-order valence-corrected chi connectivity index (χ2v) is 3.40. The third kappa shape index (κ3) is 3.15. The van der Waals surface area contributed by atoms with Gasteiger partial charge in [0, 0.05) is 13.1 Å². The highest BCUT2D eigenvalue weighted by Crippen LogP contribution is 2.32. The molecule has 1 aliphatic heterocycles. The summed E-state index contributed by atoms with van der Waals surface area (Å²) < 4.78 is 36.8. The van der Waals surface area contributed by atoms with E-state index >= 15 is 0 Å². The summed E-state index contributed by atoms with van der Waals surface area (Å²) in [5.41, 5.74) is 0. The Morgan fingerprint density at radius 2 is 2.08 bits per heavy atom. The smallest absolute Gasteiger partial charge is 0.393 e. The molecule has 0 amide bonds. The summed E-state index contributed by atoms with van der Waals surface area (Å²) in [4.78, 5) is 1.67. The maximum Gasteiger partial charge on any atom is 0.393 e. The minimum absolute atomic E-state index is 0.0457. The number of aliphatic hydroxyl groups excluding tert-OH is 1. The van der Waals surface area contributed by atoms with Crippen molar-refractivity contribution >= 4 is 0 Å². The Labute approximate surface area is 75.3 Å². The lowest BCUT2D eigenvalue weighted by Gasteiger charge is -2.33. The molecule has 0 aromatic heterocycles. The van der Waals surface area contributed by atoms with E-state index in [9.17, 15) is 13.2 Å². The summed E-state index contributed by atoms with van der Waals surface area (Å²) in [6.07, 6.45) is -3.27. The molecule has 0 unspecified atom stereocenters. The van der Waals surface area contributed by atoms with E-state index in [1.807, 2.05) is 0 Å². The van der Waals surface area contributed by atoms with Crippen LogP contribution >= 0.6 is 0 Å². The third-order valence-electron chi connectivity index (χ3n) is 2.38. The number of hydrogen-bond acceptors (Lipinski definition) is 2. The van der Waals surface area contributed by atoms with Crippen LogP contribution in [0.15, 0.2) is 0 Å². The summed E-state index contributed by atoms with van der Waals surface area (Å²) >= 11 is 0. The number of alkyl halides is 3. The zero-order valence-corrected chi connectivity index (χ0v) is 7.35. The van der Waals surface area contributed by atoms with Gasteiger partial charge in [-0.2, -0.15) is 13.2 Å². The van der Waals surface area contributed by atoms with Crippen LogP contribution in [0, 0.1) is 5.92 Å². The molecule has 0 bridgehead atoms. The van der Waals surface area contributed by atoms with E-state index in [1.54, 1.807) is 4.90 Å². The van der Waals surface area contributed by atoms with Crippen molar-refractivity contribution in [3.05, 3.63) is 0 Å². The molecule has 0 spiro atoms. The van der Waals surface area contributed by atoms with Crippen molar-refractivity contribution < 1.29 is 18.3 Å². The molecule has 13 heavy (non-hydrogen) atoms. The van der Waals surface area contributed by atoms with Gasteiger partial charge in [-0.1, -0.05) is 0 Å². The first-order valence-electron chi connectivity index (χ1n) is 4.44. The van der Waals surface area contributed by atoms with Crippen LogP contribution in [-0.4, -0.2) is 42.4 Å². The lowest BCUT2D eigenvalue weighted by atomic mass is 9.98. The molecular formula is C8H14F3NO. The Bertz CT molecular complexity index is 158. The van der Waals surface area contributed by atoms with Crippen LogP contribution in [0.25, 0.3) is 0 Å². The third-order valence-corrected chi connectivity index (χ3v) is 2.38. The number of piperidine rings is 1. The van der Waals surface area contributed by atoms with Crippen LogP contribution in [-0.2, 0) is 0 Å². The number of likely N-dealkylation sites (tertiary alicyclic amines) is 1. The Morgan fingerprint density at radius 1 is 1.38 bits per heavy atom. The van der Waals surface area contributed by atoms with Gasteiger partial charge in [-0.15, -0.1) is 0 Å². The van der Waals surface area contributed by atoms with Gasteiger partial charge in [-0.25, -0.2) is 0 Å². The van der Waals surface area contributed by atoms with Gasteiger partial charge >= 0.3 is 6.18 Å². The average molecular weight is 197 g/mol. The van der Waals surface area contributed by atoms with Gasteiger partial charge in [-0.05, 0) is 19.4 Å². The van der Waals surface area contributed by atoms with E-state index in [0.717, 1.165) is 0 Å². The number of hydrogen-bond donors (Lipinski definition) is 1. The summed E-state index contributed by atoms with van der Waals surface area (Å²) in [6, 6.07) is 0. The van der Waals surface area contributed by atoms with Gasteiger partial charge in [0.25, 0.3) is 0 Å². The van der Waals surface area contributed by atoms with Gasteiger partial charge in [-0.3, -0.25) is 0 Å². The number of halogens is 3. The molecule has 0 aliphatic carbocycles. The Hall–Kier alpha value is -0.290. The van der Waals surface area contributed by atoms with E-state index in [2.05, 4.69) is 0 Å². The molecule has 0 aromatic rings. The van der Waals surface area contributed by atoms with Crippen molar-refractivity contribution in [2.75, 3.05) is 26.2 Å². The summed E-state index contributed by atoms with van der Waals surface area (Å²) in [5, 5.41) is 8.58. The fourth-order valence-electron chi connectivity index (χ4n) is 1.67. The highest BCUT2D eigenvalue weighted by molar-refractivity contribution is 4.77. The summed E-state index contributed by atoms with van der Waals surface area (Å²) in [5.74, 6) is -1.20. The molecule has 1 atom stereocenters. The van der Waals surface area contributed by atoms with Crippen molar-refractivity contribution in [2.24, 2.45) is 5.92 Å². The first-order valence-corrected chi connectivity index (χ1v) is 4.44. The normalized spacial score (nSPS) is 26.3. The standard InChI is InChI=1S/C8H14F3NO/c9-8(10,11)7-2-1-3-12(6-7)4-5-13/h7,13H,1-6H2/t7-/m1/s1. The van der Waals surface area contributed by atoms with Crippen LogP contribution in [0.4, 0.5) is 13.2 Å². The van der Waals surface area contributed by atoms with Gasteiger partial charge in [0.15, 0.2) is 0 Å². The van der Waals surface area contributed by atoms with Crippen molar-refractivity contribution in [2.45, 2.75) is 19.0 Å². The minimum atomic E-state index is -4.08. The van der Waals surface area contributed by atoms with E-state index in [4.69, 9.17) is 5.11 Å². The predicted octanol–water partition coefficient (Wildman–Crippen LogP) is 1.25. The van der Waals surface area contributed by atoms with Crippen molar-refractivity contribution in [3.8, 4) is 0 Å². The first kappa shape index (κ1) is 10.8. The Kier molecular flexibility index (Phi) is 3.55. The van der Waals surface area contributed by atoms with Gasteiger partial charge < -0.3 is 10.0 Å². The molecule has 0 radical (unpaired) electrons. The molecule has 1 aliphatic rings. The molecule has 0 saturated carbocycles. The maximum atomic E-state index is 12.3. The van der Waals surface area contributed by atoms with Crippen molar-refractivity contribution in [3.63, 3.8) is 0 Å². The monoisotopic (exact) mass is 197 g/mol. The van der Waals surface area contributed by atoms with E-state index in [-0.39, 0.29) is 19.6 Å². The molecule has 2 nitrogen and oxygen atoms in total. The van der Waals surface area contributed by atoms with Crippen LogP contribution in [0.3, 0.4) is 0 Å². The molecule has 78 valence electrons. The topological polar surface area (TPSA) is 23.5 Å². The number of nitrogens with zero attached hydrogens (tertiary/aromatic N) is 1. The predicted molar refractivity (Wildman–Crippen MR) is 42.3 cm³/mol. The van der Waals surface area contributed by atoms with Gasteiger partial charge in [0.05, 0.1) is 12.5 Å². The quantitative estimate of drug-likeness (QED) is 0.720. The van der Waals surface area contributed by atoms with Crippen molar-refractivity contribution in [1.29, 1.82) is 0 Å². The SMILES string of the molecule is OCCN1CCC[C@@H](C(F)(F)F)C1. The zero-order chi connectivity index (χ0) is 9.90. The molecule has 1 saturated heterocycles. The fourth-order valence-corrected chi connectivity index (χ4v) is 1.67. The maximum absolute atomic E-state index is 12.3. The van der Waals surface area contributed by atoms with Crippen LogP contribution < -0.4 is 0 Å². The average Bonchev–Trinajstić information content (AvgIpc) is 2.04. The molecule has 5 heteroatoms. The Balaban J connectivity index is 2.42. The second-order valence-electron chi connectivity index (χ2n) is 3.40. The largest absolute Gasteiger partial charge is 0.395 e. The van der Waals surface area contributed by atoms with E-state index in [0.29, 0.717) is 19.5 Å². The number of β-amino-alcohol motifs (C(OH)–C–C–N with tert-alkyl or cyclic N) is 1. The van der Waals surface area contributed by atoms with Gasteiger partial charge in [0.2, 0.25) is 0 Å². The lowest BCUT2D eigenvalue weighted by molar-refractivity contribution is -0.186. The summed E-state index contributed by atoms with van der Waals surface area (Å²) in [6.45, 7) is 1.01. The Morgan fingerprint density at radius 3 is 2.62 bits per heavy atom. The molecular weight excluding hydrogens is 183 g/mol. The second kappa shape index (κ2) is 4.28. The highest BCUT2D eigenvalue weighted by Gasteiger charge is 2.41. The van der Waals surface area contributed by atoms with E-state index in [1.165, 1.54) is 0 Å². The van der Waals surface area contributed by atoms with E-state index < -0.39 is 12.1 Å².